The minimum Gasteiger partial charge on any atom is -0.309 e. The van der Waals surface area contributed by atoms with Crippen molar-refractivity contribution in [2.75, 3.05) is 12.3 Å². The molecule has 3 atom stereocenters. The molecule has 0 bridgehead atoms. The van der Waals surface area contributed by atoms with E-state index in [2.05, 4.69) is 5.32 Å². The van der Waals surface area contributed by atoms with Gasteiger partial charge < -0.3 is 5.32 Å². The molecule has 1 unspecified atom stereocenters. The average Bonchev–Trinajstić information content (AvgIpc) is 2.47. The van der Waals surface area contributed by atoms with E-state index in [9.17, 15) is 17.2 Å². The van der Waals surface area contributed by atoms with Gasteiger partial charge in [0.25, 0.3) is 16.5 Å². The van der Waals surface area contributed by atoms with E-state index in [1.807, 2.05) is 30.3 Å². The molecular weight excluding hydrogens is 312 g/mol. The van der Waals surface area contributed by atoms with Gasteiger partial charge in [0.05, 0.1) is 17.9 Å². The van der Waals surface area contributed by atoms with Crippen molar-refractivity contribution >= 4 is 10.1 Å². The van der Waals surface area contributed by atoms with Crippen LogP contribution in [-0.4, -0.2) is 39.3 Å². The molecule has 0 radical (unpaired) electrons. The summed E-state index contributed by atoms with van der Waals surface area (Å²) >= 11 is 0. The van der Waals surface area contributed by atoms with Crippen molar-refractivity contribution in [3.05, 3.63) is 35.9 Å². The van der Waals surface area contributed by atoms with Gasteiger partial charge in [0.2, 0.25) is 0 Å². The van der Waals surface area contributed by atoms with Crippen LogP contribution in [-0.2, 0) is 14.3 Å². The molecule has 1 aliphatic rings. The van der Waals surface area contributed by atoms with E-state index >= 15 is 0 Å². The molecule has 1 saturated heterocycles. The maximum atomic E-state index is 12.7. The van der Waals surface area contributed by atoms with Crippen LogP contribution in [0.3, 0.4) is 0 Å². The van der Waals surface area contributed by atoms with Crippen LogP contribution >= 0.6 is 0 Å². The zero-order valence-corrected chi connectivity index (χ0v) is 13.2. The molecular formula is C15H21F2NO3S. The lowest BCUT2D eigenvalue weighted by Crippen LogP contribution is -2.46. The number of piperidine rings is 1. The Balaban J connectivity index is 1.93. The van der Waals surface area contributed by atoms with Crippen LogP contribution in [0.2, 0.25) is 0 Å². The molecule has 1 aromatic rings. The molecule has 0 saturated carbocycles. The zero-order valence-electron chi connectivity index (χ0n) is 12.4. The molecule has 1 aromatic carbocycles. The third-order valence-electron chi connectivity index (χ3n) is 3.80. The molecule has 0 aliphatic carbocycles. The molecule has 0 aromatic heterocycles. The largest absolute Gasteiger partial charge is 0.309 e. The fraction of sp³-hybridized carbons (Fsp3) is 0.600. The summed E-state index contributed by atoms with van der Waals surface area (Å²) in [6.45, 7) is 2.14. The number of benzene rings is 1. The Labute approximate surface area is 130 Å². The first-order chi connectivity index (χ1) is 10.4. The number of hydrogen-bond donors (Lipinski definition) is 1. The van der Waals surface area contributed by atoms with Crippen LogP contribution in [0.25, 0.3) is 0 Å². The zero-order chi connectivity index (χ0) is 16.2. The molecule has 0 spiro atoms. The van der Waals surface area contributed by atoms with E-state index in [-0.39, 0.29) is 18.1 Å². The Morgan fingerprint density at radius 1 is 1.32 bits per heavy atom. The van der Waals surface area contributed by atoms with Gasteiger partial charge >= 0.3 is 0 Å². The van der Waals surface area contributed by atoms with Crippen LogP contribution < -0.4 is 5.32 Å². The fourth-order valence-corrected chi connectivity index (χ4v) is 4.10. The van der Waals surface area contributed by atoms with Crippen molar-refractivity contribution in [3.63, 3.8) is 0 Å². The summed E-state index contributed by atoms with van der Waals surface area (Å²) in [6.07, 6.45) is -2.76. The number of hydrogen-bond acceptors (Lipinski definition) is 4. The van der Waals surface area contributed by atoms with Gasteiger partial charge in [-0.25, -0.2) is 8.78 Å². The van der Waals surface area contributed by atoms with Crippen LogP contribution in [0.5, 0.6) is 0 Å². The van der Waals surface area contributed by atoms with Gasteiger partial charge in [-0.2, -0.15) is 8.42 Å². The second-order valence-corrected chi connectivity index (χ2v) is 7.31. The quantitative estimate of drug-likeness (QED) is 0.813. The van der Waals surface area contributed by atoms with Gasteiger partial charge in [0.1, 0.15) is 0 Å². The van der Waals surface area contributed by atoms with E-state index in [4.69, 9.17) is 4.18 Å². The van der Waals surface area contributed by atoms with Crippen LogP contribution in [0, 0.1) is 0 Å². The molecule has 22 heavy (non-hydrogen) atoms. The Morgan fingerprint density at radius 3 is 2.64 bits per heavy atom. The van der Waals surface area contributed by atoms with Crippen molar-refractivity contribution in [2.24, 2.45) is 0 Å². The minimum absolute atomic E-state index is 0.0105. The fourth-order valence-electron chi connectivity index (χ4n) is 2.62. The second-order valence-electron chi connectivity index (χ2n) is 5.67. The summed E-state index contributed by atoms with van der Waals surface area (Å²) in [5, 5.41) is 2.68. The molecule has 1 fully saturated rings. The average molecular weight is 333 g/mol. The highest BCUT2D eigenvalue weighted by Crippen LogP contribution is 2.22. The Hall–Kier alpha value is -1.05. The predicted molar refractivity (Wildman–Crippen MR) is 80.5 cm³/mol. The highest BCUT2D eigenvalue weighted by atomic mass is 32.2. The van der Waals surface area contributed by atoms with Gasteiger partial charge in [-0.3, -0.25) is 4.18 Å². The molecule has 1 heterocycles. The molecule has 7 heteroatoms. The van der Waals surface area contributed by atoms with Gasteiger partial charge in [-0.05, 0) is 30.9 Å². The van der Waals surface area contributed by atoms with Crippen molar-refractivity contribution in [1.82, 2.24) is 5.32 Å². The lowest BCUT2D eigenvalue weighted by Gasteiger charge is -2.29. The van der Waals surface area contributed by atoms with Crippen LogP contribution in [0.4, 0.5) is 8.78 Å². The highest BCUT2D eigenvalue weighted by Gasteiger charge is 2.31. The number of halogens is 2. The first kappa shape index (κ1) is 17.3. The molecule has 0 amide bonds. The Morgan fingerprint density at radius 2 is 2.00 bits per heavy atom. The molecule has 124 valence electrons. The predicted octanol–water partition coefficient (Wildman–Crippen LogP) is 2.52. The highest BCUT2D eigenvalue weighted by molar-refractivity contribution is 7.86. The summed E-state index contributed by atoms with van der Waals surface area (Å²) in [4.78, 5) is 0. The third-order valence-corrected chi connectivity index (χ3v) is 5.27. The monoisotopic (exact) mass is 333 g/mol. The Kier molecular flexibility index (Phi) is 5.88. The summed E-state index contributed by atoms with van der Waals surface area (Å²) in [6, 6.07) is 8.27. The summed E-state index contributed by atoms with van der Waals surface area (Å²) in [7, 11) is -3.75. The third kappa shape index (κ3) is 5.00. The lowest BCUT2D eigenvalue weighted by atomic mass is 10.0. The summed E-state index contributed by atoms with van der Waals surface area (Å²) < 4.78 is 54.8. The SMILES string of the molecule is C[C@@H](CS(=O)(=O)OC1CCN[C@@H](C(F)F)C1)c1ccccc1. The molecule has 4 nitrogen and oxygen atoms in total. The first-order valence-electron chi connectivity index (χ1n) is 7.35. The lowest BCUT2D eigenvalue weighted by molar-refractivity contribution is 0.0485. The van der Waals surface area contributed by atoms with Crippen molar-refractivity contribution in [2.45, 2.75) is 44.3 Å². The van der Waals surface area contributed by atoms with Crippen molar-refractivity contribution < 1.29 is 21.4 Å². The van der Waals surface area contributed by atoms with E-state index in [1.54, 1.807) is 6.92 Å². The topological polar surface area (TPSA) is 55.4 Å². The minimum atomic E-state index is -3.75. The van der Waals surface area contributed by atoms with Crippen molar-refractivity contribution in [3.8, 4) is 0 Å². The van der Waals surface area contributed by atoms with E-state index in [1.165, 1.54) is 0 Å². The number of alkyl halides is 2. The van der Waals surface area contributed by atoms with E-state index in [0.717, 1.165) is 5.56 Å². The van der Waals surface area contributed by atoms with E-state index < -0.39 is 28.7 Å². The normalized spacial score (nSPS) is 24.4. The number of nitrogens with one attached hydrogen (secondary N) is 1. The maximum Gasteiger partial charge on any atom is 0.268 e. The van der Waals surface area contributed by atoms with Gasteiger partial charge in [-0.1, -0.05) is 37.3 Å². The van der Waals surface area contributed by atoms with Gasteiger partial charge in [0.15, 0.2) is 0 Å². The van der Waals surface area contributed by atoms with Crippen molar-refractivity contribution in [1.29, 1.82) is 0 Å². The summed E-state index contributed by atoms with van der Waals surface area (Å²) in [5.74, 6) is -0.362. The van der Waals surface area contributed by atoms with E-state index in [0.29, 0.717) is 13.0 Å². The first-order valence-corrected chi connectivity index (χ1v) is 8.92. The van der Waals surface area contributed by atoms with Crippen LogP contribution in [0.15, 0.2) is 30.3 Å². The van der Waals surface area contributed by atoms with Gasteiger partial charge in [-0.15, -0.1) is 0 Å². The smallest absolute Gasteiger partial charge is 0.268 e. The summed E-state index contributed by atoms with van der Waals surface area (Å²) in [5.41, 5.74) is 0.908. The van der Waals surface area contributed by atoms with Crippen LogP contribution in [0.1, 0.15) is 31.2 Å². The molecule has 2 rings (SSSR count). The molecule has 1 N–H and O–H groups in total. The Bertz CT molecular complexity index is 565. The van der Waals surface area contributed by atoms with Gasteiger partial charge in [0, 0.05) is 0 Å². The maximum absolute atomic E-state index is 12.7. The standard InChI is InChI=1S/C15H21F2NO3S/c1-11(12-5-3-2-4-6-12)10-22(19,20)21-13-7-8-18-14(9-13)15(16)17/h2-6,11,13-15,18H,7-10H2,1H3/t11-,13?,14+/m0/s1. The molecule has 1 aliphatic heterocycles. The number of rotatable bonds is 6. The second kappa shape index (κ2) is 7.48.